The van der Waals surface area contributed by atoms with Crippen molar-refractivity contribution in [1.82, 2.24) is 0 Å². The second kappa shape index (κ2) is 15.9. The third-order valence-electron chi connectivity index (χ3n) is 10.6. The largest absolute Gasteiger partial charge is 0.496 e. The van der Waals surface area contributed by atoms with E-state index in [2.05, 4.69) is 137 Å². The van der Waals surface area contributed by atoms with E-state index < -0.39 is 16.1 Å². The average Bonchev–Trinajstić information content (AvgIpc) is 3.71. The minimum absolute atomic E-state index is 0. The molecular formula is C37H59BO2S2Si2. The monoisotopic (exact) mass is 666 g/mol. The molecule has 44 heavy (non-hydrogen) atoms. The first-order valence-electron chi connectivity index (χ1n) is 16.3. The third-order valence-corrected chi connectivity index (χ3v) is 26.3. The molecule has 2 nitrogen and oxygen atoms in total. The Hall–Kier alpha value is -1.48. The molecule has 0 spiro atoms. The lowest BCUT2D eigenvalue weighted by Gasteiger charge is -2.32. The smallest absolute Gasteiger partial charge is 0.399 e. The number of thiophene rings is 2. The Morgan fingerprint density at radius 2 is 1.07 bits per heavy atom. The fourth-order valence-electron chi connectivity index (χ4n) is 6.29. The molecule has 0 atom stereocenters. The Morgan fingerprint density at radius 3 is 1.55 bits per heavy atom. The summed E-state index contributed by atoms with van der Waals surface area (Å²) in [5.41, 5.74) is 0.599. The van der Waals surface area contributed by atoms with Crippen molar-refractivity contribution in [2.24, 2.45) is 0 Å². The summed E-state index contributed by atoms with van der Waals surface area (Å²) >= 11 is 4.03. The first-order valence-corrected chi connectivity index (χ1v) is 23.2. The second-order valence-electron chi connectivity index (χ2n) is 12.8. The van der Waals surface area contributed by atoms with Crippen LogP contribution in [0.4, 0.5) is 0 Å². The molecule has 5 rings (SSSR count). The van der Waals surface area contributed by atoms with Crippen molar-refractivity contribution < 1.29 is 9.31 Å². The van der Waals surface area contributed by atoms with Crippen LogP contribution in [0.3, 0.4) is 0 Å². The van der Waals surface area contributed by atoms with Gasteiger partial charge in [-0.05, 0) is 65.7 Å². The Kier molecular flexibility index (Phi) is 14.0. The van der Waals surface area contributed by atoms with E-state index in [0.29, 0.717) is 0 Å². The van der Waals surface area contributed by atoms with Gasteiger partial charge in [-0.15, -0.1) is 35.8 Å². The maximum absolute atomic E-state index is 6.33. The third kappa shape index (κ3) is 7.39. The molecule has 0 saturated carbocycles. The molecule has 0 N–H and O–H groups in total. The summed E-state index contributed by atoms with van der Waals surface area (Å²) < 4.78 is 18.8. The summed E-state index contributed by atoms with van der Waals surface area (Å²) in [5.74, 6) is 0. The van der Waals surface area contributed by atoms with E-state index in [9.17, 15) is 0 Å². The highest BCUT2D eigenvalue weighted by Crippen LogP contribution is 2.37. The van der Waals surface area contributed by atoms with E-state index in [-0.39, 0.29) is 25.7 Å². The van der Waals surface area contributed by atoms with Gasteiger partial charge in [-0.1, -0.05) is 122 Å². The Balaban J connectivity index is 0.000000308. The molecule has 1 saturated heterocycles. The molecular weight excluding hydrogens is 608 g/mol. The van der Waals surface area contributed by atoms with Gasteiger partial charge in [0.2, 0.25) is 0 Å². The van der Waals surface area contributed by atoms with Gasteiger partial charge >= 0.3 is 7.12 Å². The summed E-state index contributed by atoms with van der Waals surface area (Å²) in [6, 6.07) is 28.4. The van der Waals surface area contributed by atoms with E-state index in [1.807, 2.05) is 22.7 Å². The summed E-state index contributed by atoms with van der Waals surface area (Å²) in [6.07, 6.45) is 0. The van der Waals surface area contributed by atoms with Crippen molar-refractivity contribution in [2.75, 3.05) is 0 Å². The van der Waals surface area contributed by atoms with Crippen LogP contribution in [0, 0.1) is 0 Å². The predicted molar refractivity (Wildman–Crippen MR) is 211 cm³/mol. The maximum Gasteiger partial charge on any atom is 0.496 e. The van der Waals surface area contributed by atoms with Crippen LogP contribution in [0.2, 0.25) is 36.3 Å². The number of rotatable bonds is 9. The molecule has 1 fully saturated rings. The lowest BCUT2D eigenvalue weighted by molar-refractivity contribution is 0.00578. The number of fused-ring (bicyclic) bond motifs is 2. The summed E-state index contributed by atoms with van der Waals surface area (Å²) in [5, 5.41) is 2.79. The minimum atomic E-state index is -1.36. The first-order chi connectivity index (χ1) is 20.4. The fourth-order valence-corrected chi connectivity index (χ4v) is 19.0. The van der Waals surface area contributed by atoms with Crippen molar-refractivity contribution in [3.05, 3.63) is 67.8 Å². The Bertz CT molecular complexity index is 1400. The minimum Gasteiger partial charge on any atom is -0.399 e. The number of benzene rings is 2. The van der Waals surface area contributed by atoms with Crippen LogP contribution >= 0.6 is 22.7 Å². The molecule has 4 aromatic rings. The highest BCUT2D eigenvalue weighted by molar-refractivity contribution is 7.33. The number of hydrogen-bond donors (Lipinski definition) is 0. The molecule has 7 heteroatoms. The molecule has 1 aliphatic heterocycles. The van der Waals surface area contributed by atoms with Gasteiger partial charge in [0.15, 0.2) is 0 Å². The van der Waals surface area contributed by atoms with E-state index in [4.69, 9.17) is 9.31 Å². The fraction of sp³-hybridized carbons (Fsp3) is 0.514. The molecule has 0 aliphatic carbocycles. The van der Waals surface area contributed by atoms with Crippen LogP contribution in [0.25, 0.3) is 20.2 Å². The lowest BCUT2D eigenvalue weighted by Crippen LogP contribution is -2.43. The van der Waals surface area contributed by atoms with Gasteiger partial charge in [0, 0.05) is 14.9 Å². The highest BCUT2D eigenvalue weighted by Gasteiger charge is 2.52. The second-order valence-corrected chi connectivity index (χ2v) is 26.1. The highest BCUT2D eigenvalue weighted by atomic mass is 32.1. The van der Waals surface area contributed by atoms with E-state index in [1.165, 1.54) is 61.9 Å². The van der Waals surface area contributed by atoms with Crippen LogP contribution in [-0.2, 0) is 9.31 Å². The summed E-state index contributed by atoms with van der Waals surface area (Å²) in [6.45, 7) is 28.7. The molecule has 0 bridgehead atoms. The molecule has 2 aromatic carbocycles. The van der Waals surface area contributed by atoms with Crippen molar-refractivity contribution in [1.29, 1.82) is 0 Å². The van der Waals surface area contributed by atoms with Crippen LogP contribution in [-0.4, -0.2) is 34.5 Å². The molecule has 0 unspecified atom stereocenters. The Labute approximate surface area is 280 Å². The van der Waals surface area contributed by atoms with Gasteiger partial charge in [0.1, 0.15) is 0 Å². The van der Waals surface area contributed by atoms with Crippen molar-refractivity contribution in [3.8, 4) is 0 Å². The van der Waals surface area contributed by atoms with E-state index >= 15 is 0 Å². The molecule has 0 radical (unpaired) electrons. The molecule has 0 amide bonds. The summed E-state index contributed by atoms with van der Waals surface area (Å²) in [7, 11) is -2.79. The van der Waals surface area contributed by atoms with Crippen molar-refractivity contribution in [3.63, 3.8) is 0 Å². The van der Waals surface area contributed by atoms with Gasteiger partial charge in [0.25, 0.3) is 0 Å². The molecule has 1 aliphatic rings. The van der Waals surface area contributed by atoms with Crippen LogP contribution in [0.15, 0.2) is 67.8 Å². The van der Waals surface area contributed by atoms with Crippen LogP contribution in [0.5, 0.6) is 0 Å². The average molecular weight is 667 g/mol. The van der Waals surface area contributed by atoms with Crippen LogP contribution in [0.1, 0.15) is 76.7 Å². The first kappa shape index (κ1) is 38.7. The zero-order valence-electron chi connectivity index (χ0n) is 28.6. The van der Waals surface area contributed by atoms with Gasteiger partial charge in [-0.3, -0.25) is 0 Å². The zero-order chi connectivity index (χ0) is 32.1. The normalized spacial score (nSPS) is 15.7. The van der Waals surface area contributed by atoms with Gasteiger partial charge in [-0.25, -0.2) is 0 Å². The SMILES string of the molecule is C.C=C.CC[Si](CC)(CC)c1cc2cccc(B3OC(C)(C)C(C)(C)O3)c2s1.CC[Si](CC)(CC)c1cc2ccccc2s1. The van der Waals surface area contributed by atoms with Gasteiger partial charge in [-0.2, -0.15) is 0 Å². The standard InChI is InChI=1S/C20H31BO2SSi.C14H20SSi.C2H4.CH4/c1-8-25(9-2,10-3)17-14-15-12-11-13-16(18(15)24-17)21-22-19(4,5)20(6,7)23-21;1-4-16(5-2,6-3)14-11-12-9-7-8-10-13(12)15-14;1-2;/h11-14H,8-10H2,1-7H3;7-11H,4-6H2,1-3H3;1-2H2;1H4. The van der Waals surface area contributed by atoms with Gasteiger partial charge in [0.05, 0.1) is 27.3 Å². The lowest BCUT2D eigenvalue weighted by atomic mass is 9.78. The maximum atomic E-state index is 6.33. The topological polar surface area (TPSA) is 18.5 Å². The zero-order valence-corrected chi connectivity index (χ0v) is 32.2. The van der Waals surface area contributed by atoms with Gasteiger partial charge < -0.3 is 9.31 Å². The quantitative estimate of drug-likeness (QED) is 0.131. The molecule has 242 valence electrons. The molecule has 3 heterocycles. The van der Waals surface area contributed by atoms with Crippen molar-refractivity contribution in [2.45, 2.75) is 124 Å². The summed E-state index contributed by atoms with van der Waals surface area (Å²) in [4.78, 5) is 0. The Morgan fingerprint density at radius 1 is 0.636 bits per heavy atom. The molecule has 2 aromatic heterocycles. The van der Waals surface area contributed by atoms with Crippen molar-refractivity contribution >= 4 is 80.6 Å². The van der Waals surface area contributed by atoms with E-state index in [0.717, 1.165) is 0 Å². The van der Waals surface area contributed by atoms with Crippen LogP contribution < -0.4 is 14.5 Å². The number of hydrogen-bond acceptors (Lipinski definition) is 4. The predicted octanol–water partition coefficient (Wildman–Crippen LogP) is 11.0. The van der Waals surface area contributed by atoms with E-state index in [1.54, 1.807) is 9.00 Å².